The predicted molar refractivity (Wildman–Crippen MR) is 74.9 cm³/mol. The second-order valence-electron chi connectivity index (χ2n) is 5.87. The third-order valence-electron chi connectivity index (χ3n) is 3.23. The van der Waals surface area contributed by atoms with Gasteiger partial charge >= 0.3 is 0 Å². The number of benzene rings is 2. The summed E-state index contributed by atoms with van der Waals surface area (Å²) >= 11 is 0. The second-order valence-corrected chi connectivity index (χ2v) is 5.87. The van der Waals surface area contributed by atoms with Gasteiger partial charge in [0.15, 0.2) is 17.4 Å². The largest absolute Gasteiger partial charge is 0.288 e. The third kappa shape index (κ3) is 2.99. The van der Waals surface area contributed by atoms with E-state index in [1.54, 1.807) is 24.3 Å². The first-order valence-electron chi connectivity index (χ1n) is 6.50. The minimum absolute atomic E-state index is 0.287. The Hall–Kier alpha value is -2.10. The van der Waals surface area contributed by atoms with Crippen molar-refractivity contribution in [2.24, 2.45) is 0 Å². The zero-order valence-corrected chi connectivity index (χ0v) is 12.0. The van der Waals surface area contributed by atoms with Crippen molar-refractivity contribution >= 4 is 5.78 Å². The summed E-state index contributed by atoms with van der Waals surface area (Å²) in [6.45, 7) is 5.75. The van der Waals surface area contributed by atoms with Crippen LogP contribution < -0.4 is 0 Å². The molecule has 0 amide bonds. The molecule has 2 aromatic carbocycles. The van der Waals surface area contributed by atoms with Gasteiger partial charge in [0.25, 0.3) is 0 Å². The molecule has 0 bridgehead atoms. The van der Waals surface area contributed by atoms with Crippen LogP contribution in [0, 0.1) is 17.5 Å². The molecule has 0 N–H and O–H groups in total. The number of carbonyl (C=O) groups excluding carboxylic acids is 1. The Balaban J connectivity index is 2.59. The quantitative estimate of drug-likeness (QED) is 0.582. The van der Waals surface area contributed by atoms with E-state index >= 15 is 0 Å². The number of hydrogen-bond donors (Lipinski definition) is 0. The first-order valence-corrected chi connectivity index (χ1v) is 6.50. The molecule has 0 aliphatic rings. The average Bonchev–Trinajstić information content (AvgIpc) is 2.41. The van der Waals surface area contributed by atoms with E-state index < -0.39 is 28.8 Å². The van der Waals surface area contributed by atoms with Crippen molar-refractivity contribution in [3.63, 3.8) is 0 Å². The Kier molecular flexibility index (Phi) is 3.90. The zero-order chi connectivity index (χ0) is 15.8. The van der Waals surface area contributed by atoms with Crippen molar-refractivity contribution in [1.82, 2.24) is 0 Å². The number of rotatable bonds is 2. The summed E-state index contributed by atoms with van der Waals surface area (Å²) in [7, 11) is 0. The van der Waals surface area contributed by atoms with Gasteiger partial charge in [0, 0.05) is 11.6 Å². The van der Waals surface area contributed by atoms with E-state index in [1.807, 2.05) is 20.8 Å². The molecule has 0 aliphatic heterocycles. The molecule has 0 unspecified atom stereocenters. The highest BCUT2D eigenvalue weighted by Crippen LogP contribution is 2.28. The van der Waals surface area contributed by atoms with Crippen molar-refractivity contribution in [3.05, 3.63) is 70.5 Å². The van der Waals surface area contributed by atoms with Crippen LogP contribution in [0.25, 0.3) is 0 Å². The van der Waals surface area contributed by atoms with Crippen LogP contribution >= 0.6 is 0 Å². The predicted octanol–water partition coefficient (Wildman–Crippen LogP) is 4.63. The molecule has 0 saturated carbocycles. The molecule has 0 aliphatic carbocycles. The van der Waals surface area contributed by atoms with Gasteiger partial charge in [-0.25, -0.2) is 13.2 Å². The fraction of sp³-hybridized carbons (Fsp3) is 0.235. The maximum Gasteiger partial charge on any atom is 0.196 e. The minimum atomic E-state index is -1.31. The summed E-state index contributed by atoms with van der Waals surface area (Å²) in [6.07, 6.45) is 0. The lowest BCUT2D eigenvalue weighted by atomic mass is 9.82. The van der Waals surface area contributed by atoms with Crippen molar-refractivity contribution < 1.29 is 18.0 Å². The first kappa shape index (κ1) is 15.3. The third-order valence-corrected chi connectivity index (χ3v) is 3.23. The van der Waals surface area contributed by atoms with Gasteiger partial charge in [0.1, 0.15) is 5.82 Å². The fourth-order valence-corrected chi connectivity index (χ4v) is 2.18. The number of carbonyl (C=O) groups is 1. The van der Waals surface area contributed by atoms with Gasteiger partial charge < -0.3 is 0 Å². The molecular weight excluding hydrogens is 277 g/mol. The molecule has 21 heavy (non-hydrogen) atoms. The molecule has 110 valence electrons. The smallest absolute Gasteiger partial charge is 0.196 e. The molecule has 2 aromatic rings. The van der Waals surface area contributed by atoms with E-state index in [4.69, 9.17) is 0 Å². The highest BCUT2D eigenvalue weighted by atomic mass is 19.2. The van der Waals surface area contributed by atoms with Gasteiger partial charge in [0.2, 0.25) is 0 Å². The van der Waals surface area contributed by atoms with Crippen molar-refractivity contribution in [2.45, 2.75) is 26.2 Å². The maximum atomic E-state index is 13.8. The number of hydrogen-bond acceptors (Lipinski definition) is 1. The van der Waals surface area contributed by atoms with E-state index in [2.05, 4.69) is 0 Å². The maximum absolute atomic E-state index is 13.8. The summed E-state index contributed by atoms with van der Waals surface area (Å²) in [4.78, 5) is 12.5. The summed E-state index contributed by atoms with van der Waals surface area (Å²) in [5, 5.41) is 0. The first-order chi connectivity index (χ1) is 9.71. The van der Waals surface area contributed by atoms with Crippen LogP contribution in [0.2, 0.25) is 0 Å². The molecule has 0 spiro atoms. The normalized spacial score (nSPS) is 11.5. The Bertz CT molecular complexity index is 700. The zero-order valence-electron chi connectivity index (χ0n) is 12.0. The van der Waals surface area contributed by atoms with E-state index in [-0.39, 0.29) is 11.0 Å². The van der Waals surface area contributed by atoms with Crippen LogP contribution in [0.1, 0.15) is 42.3 Å². The molecule has 4 heteroatoms. The molecule has 0 aromatic heterocycles. The molecule has 0 radical (unpaired) electrons. The van der Waals surface area contributed by atoms with Crippen LogP contribution in [0.15, 0.2) is 36.4 Å². The molecular formula is C17H15F3O. The van der Waals surface area contributed by atoms with Gasteiger partial charge in [0.05, 0.1) is 5.56 Å². The van der Waals surface area contributed by atoms with Crippen LogP contribution in [-0.4, -0.2) is 5.78 Å². The number of halogens is 3. The highest BCUT2D eigenvalue weighted by molar-refractivity contribution is 6.10. The topological polar surface area (TPSA) is 17.1 Å². The Morgan fingerprint density at radius 1 is 0.857 bits per heavy atom. The molecule has 0 heterocycles. The lowest BCUT2D eigenvalue weighted by molar-refractivity contribution is 0.103. The summed E-state index contributed by atoms with van der Waals surface area (Å²) < 4.78 is 40.0. The fourth-order valence-electron chi connectivity index (χ4n) is 2.18. The second kappa shape index (κ2) is 5.35. The van der Waals surface area contributed by atoms with Crippen molar-refractivity contribution in [2.75, 3.05) is 0 Å². The Morgan fingerprint density at radius 2 is 1.43 bits per heavy atom. The highest BCUT2D eigenvalue weighted by Gasteiger charge is 2.24. The van der Waals surface area contributed by atoms with Crippen LogP contribution in [0.5, 0.6) is 0 Å². The van der Waals surface area contributed by atoms with Gasteiger partial charge in [-0.2, -0.15) is 0 Å². The van der Waals surface area contributed by atoms with Gasteiger partial charge in [-0.15, -0.1) is 0 Å². The van der Waals surface area contributed by atoms with Crippen LogP contribution in [-0.2, 0) is 5.41 Å². The lowest BCUT2D eigenvalue weighted by Crippen LogP contribution is -2.18. The van der Waals surface area contributed by atoms with Gasteiger partial charge in [-0.1, -0.05) is 45.0 Å². The van der Waals surface area contributed by atoms with E-state index in [0.717, 1.165) is 5.56 Å². The molecule has 0 atom stereocenters. The van der Waals surface area contributed by atoms with E-state index in [1.165, 1.54) is 0 Å². The van der Waals surface area contributed by atoms with E-state index in [0.29, 0.717) is 12.1 Å². The van der Waals surface area contributed by atoms with Gasteiger partial charge in [-0.3, -0.25) is 4.79 Å². The summed E-state index contributed by atoms with van der Waals surface area (Å²) in [6, 6.07) is 7.75. The SMILES string of the molecule is CC(C)(C)c1ccccc1C(=O)c1cc(F)c(F)cc1F. The summed E-state index contributed by atoms with van der Waals surface area (Å²) in [5.41, 5.74) is 0.209. The standard InChI is InChI=1S/C17H15F3O/c1-17(2,3)12-7-5-4-6-10(12)16(21)11-8-14(19)15(20)9-13(11)18/h4-9H,1-3H3. The Labute approximate surface area is 121 Å². The lowest BCUT2D eigenvalue weighted by Gasteiger charge is -2.22. The van der Waals surface area contributed by atoms with Crippen molar-refractivity contribution in [3.8, 4) is 0 Å². The molecule has 0 saturated heterocycles. The molecule has 0 fully saturated rings. The molecule has 2 rings (SSSR count). The Morgan fingerprint density at radius 3 is 2.05 bits per heavy atom. The average molecular weight is 292 g/mol. The molecule has 1 nitrogen and oxygen atoms in total. The minimum Gasteiger partial charge on any atom is -0.288 e. The van der Waals surface area contributed by atoms with Crippen LogP contribution in [0.4, 0.5) is 13.2 Å². The van der Waals surface area contributed by atoms with Gasteiger partial charge in [-0.05, 0) is 17.0 Å². The van der Waals surface area contributed by atoms with Crippen LogP contribution in [0.3, 0.4) is 0 Å². The van der Waals surface area contributed by atoms with E-state index in [9.17, 15) is 18.0 Å². The number of ketones is 1. The summed E-state index contributed by atoms with van der Waals surface area (Å²) in [5.74, 6) is -4.28. The monoisotopic (exact) mass is 292 g/mol. The van der Waals surface area contributed by atoms with Crippen molar-refractivity contribution in [1.29, 1.82) is 0 Å².